The number of carbonyl (C=O) groups excluding carboxylic acids is 1. The molecule has 0 saturated heterocycles. The summed E-state index contributed by atoms with van der Waals surface area (Å²) in [5.74, 6) is 1.60. The Morgan fingerprint density at radius 2 is 2.00 bits per heavy atom. The fourth-order valence-corrected chi connectivity index (χ4v) is 2.27. The fourth-order valence-electron chi connectivity index (χ4n) is 2.27. The fraction of sp³-hybridized carbons (Fsp3) is 0.421. The minimum absolute atomic E-state index is 0.188. The van der Waals surface area contributed by atoms with Crippen molar-refractivity contribution in [1.82, 2.24) is 10.2 Å². The van der Waals surface area contributed by atoms with Crippen LogP contribution in [0, 0.1) is 13.8 Å². The second-order valence-electron chi connectivity index (χ2n) is 6.24. The van der Waals surface area contributed by atoms with Crippen LogP contribution >= 0.6 is 0 Å². The van der Waals surface area contributed by atoms with Gasteiger partial charge in [-0.1, -0.05) is 12.1 Å². The third kappa shape index (κ3) is 5.42. The second-order valence-corrected chi connectivity index (χ2v) is 6.24. The minimum Gasteiger partial charge on any atom is -0.485 e. The van der Waals surface area contributed by atoms with Gasteiger partial charge in [0.05, 0.1) is 0 Å². The van der Waals surface area contributed by atoms with Gasteiger partial charge < -0.3 is 19.4 Å². The number of amides is 1. The zero-order valence-corrected chi connectivity index (χ0v) is 14.9. The van der Waals surface area contributed by atoms with Crippen LogP contribution in [0.1, 0.15) is 33.9 Å². The van der Waals surface area contributed by atoms with E-state index in [1.54, 1.807) is 12.1 Å². The molecule has 0 aliphatic carbocycles. The Labute approximate surface area is 143 Å². The summed E-state index contributed by atoms with van der Waals surface area (Å²) >= 11 is 0. The highest BCUT2D eigenvalue weighted by Crippen LogP contribution is 2.21. The average Bonchev–Trinajstić information content (AvgIpc) is 3.01. The van der Waals surface area contributed by atoms with Crippen molar-refractivity contribution in [2.75, 3.05) is 27.2 Å². The molecule has 0 unspecified atom stereocenters. The average molecular weight is 330 g/mol. The van der Waals surface area contributed by atoms with E-state index in [-0.39, 0.29) is 5.91 Å². The van der Waals surface area contributed by atoms with E-state index >= 15 is 0 Å². The minimum atomic E-state index is -0.188. The van der Waals surface area contributed by atoms with Gasteiger partial charge in [0.2, 0.25) is 0 Å². The van der Waals surface area contributed by atoms with Gasteiger partial charge in [-0.3, -0.25) is 4.79 Å². The van der Waals surface area contributed by atoms with Crippen molar-refractivity contribution < 1.29 is 13.9 Å². The lowest BCUT2D eigenvalue weighted by Gasteiger charge is -2.09. The molecule has 0 atom stereocenters. The lowest BCUT2D eigenvalue weighted by molar-refractivity contribution is 0.0920. The Kier molecular flexibility index (Phi) is 6.44. The van der Waals surface area contributed by atoms with Gasteiger partial charge in [0.15, 0.2) is 5.76 Å². The molecule has 0 saturated carbocycles. The molecule has 1 heterocycles. The van der Waals surface area contributed by atoms with Crippen molar-refractivity contribution in [1.29, 1.82) is 0 Å². The van der Waals surface area contributed by atoms with E-state index in [2.05, 4.69) is 10.2 Å². The SMILES string of the molecule is Cc1ccc(C)c(OCc2ccc(C(=O)NCCCN(C)C)o2)c1. The zero-order valence-electron chi connectivity index (χ0n) is 14.9. The molecule has 2 aromatic rings. The Morgan fingerprint density at radius 3 is 2.75 bits per heavy atom. The molecule has 0 aliphatic heterocycles. The van der Waals surface area contributed by atoms with E-state index in [0.717, 1.165) is 29.8 Å². The van der Waals surface area contributed by atoms with Crippen LogP contribution in [0.4, 0.5) is 0 Å². The molecule has 2 rings (SSSR count). The quantitative estimate of drug-likeness (QED) is 0.756. The first-order chi connectivity index (χ1) is 11.5. The molecule has 5 heteroatoms. The number of furan rings is 1. The lowest BCUT2D eigenvalue weighted by atomic mass is 10.1. The first-order valence-electron chi connectivity index (χ1n) is 8.17. The van der Waals surface area contributed by atoms with E-state index in [1.165, 1.54) is 0 Å². The molecule has 5 nitrogen and oxygen atoms in total. The topological polar surface area (TPSA) is 54.7 Å². The molecular formula is C19H26N2O3. The van der Waals surface area contributed by atoms with Crippen LogP contribution < -0.4 is 10.1 Å². The Morgan fingerprint density at radius 1 is 1.21 bits per heavy atom. The van der Waals surface area contributed by atoms with Gasteiger partial charge in [-0.25, -0.2) is 0 Å². The zero-order chi connectivity index (χ0) is 17.5. The van der Waals surface area contributed by atoms with E-state index < -0.39 is 0 Å². The van der Waals surface area contributed by atoms with Gasteiger partial charge in [-0.15, -0.1) is 0 Å². The van der Waals surface area contributed by atoms with Crippen molar-refractivity contribution in [3.8, 4) is 5.75 Å². The number of benzene rings is 1. The number of nitrogens with zero attached hydrogens (tertiary/aromatic N) is 1. The summed E-state index contributed by atoms with van der Waals surface area (Å²) in [7, 11) is 4.02. The van der Waals surface area contributed by atoms with Gasteiger partial charge in [0.1, 0.15) is 18.1 Å². The summed E-state index contributed by atoms with van der Waals surface area (Å²) in [4.78, 5) is 14.1. The predicted molar refractivity (Wildman–Crippen MR) is 94.5 cm³/mol. The number of nitrogens with one attached hydrogen (secondary N) is 1. The van der Waals surface area contributed by atoms with Crippen LogP contribution in [0.15, 0.2) is 34.7 Å². The third-order valence-corrected chi connectivity index (χ3v) is 3.67. The van der Waals surface area contributed by atoms with E-state index in [0.29, 0.717) is 24.7 Å². The molecule has 1 aromatic heterocycles. The lowest BCUT2D eigenvalue weighted by Crippen LogP contribution is -2.26. The van der Waals surface area contributed by atoms with Crippen molar-refractivity contribution in [2.45, 2.75) is 26.9 Å². The number of carbonyl (C=O) groups is 1. The molecular weight excluding hydrogens is 304 g/mol. The van der Waals surface area contributed by atoms with Crippen LogP contribution in [0.2, 0.25) is 0 Å². The third-order valence-electron chi connectivity index (χ3n) is 3.67. The molecule has 0 aliphatic rings. The first kappa shape index (κ1) is 18.1. The first-order valence-corrected chi connectivity index (χ1v) is 8.17. The Bertz CT molecular complexity index is 677. The number of hydrogen-bond donors (Lipinski definition) is 1. The second kappa shape index (κ2) is 8.55. The predicted octanol–water partition coefficient (Wildman–Crippen LogP) is 3.16. The maximum Gasteiger partial charge on any atom is 0.286 e. The van der Waals surface area contributed by atoms with Crippen molar-refractivity contribution in [3.63, 3.8) is 0 Å². The monoisotopic (exact) mass is 330 g/mol. The maximum atomic E-state index is 12.0. The highest BCUT2D eigenvalue weighted by atomic mass is 16.5. The molecule has 0 fully saturated rings. The van der Waals surface area contributed by atoms with Crippen molar-refractivity contribution in [3.05, 3.63) is 53.0 Å². The number of hydrogen-bond acceptors (Lipinski definition) is 4. The summed E-state index contributed by atoms with van der Waals surface area (Å²) < 4.78 is 11.4. The summed E-state index contributed by atoms with van der Waals surface area (Å²) in [6.45, 7) is 5.90. The van der Waals surface area contributed by atoms with Crippen LogP contribution in [0.5, 0.6) is 5.75 Å². The molecule has 1 amide bonds. The van der Waals surface area contributed by atoms with Crippen molar-refractivity contribution >= 4 is 5.91 Å². The number of rotatable bonds is 8. The highest BCUT2D eigenvalue weighted by Gasteiger charge is 2.11. The normalized spacial score (nSPS) is 10.9. The molecule has 1 N–H and O–H groups in total. The smallest absolute Gasteiger partial charge is 0.286 e. The Balaban J connectivity index is 1.84. The van der Waals surface area contributed by atoms with E-state index in [1.807, 2.05) is 46.1 Å². The van der Waals surface area contributed by atoms with Gasteiger partial charge in [-0.05, 0) is 70.2 Å². The Hall–Kier alpha value is -2.27. The molecule has 0 radical (unpaired) electrons. The molecule has 24 heavy (non-hydrogen) atoms. The van der Waals surface area contributed by atoms with Crippen LogP contribution in [-0.2, 0) is 6.61 Å². The number of aryl methyl sites for hydroxylation is 2. The van der Waals surface area contributed by atoms with E-state index in [9.17, 15) is 4.79 Å². The maximum absolute atomic E-state index is 12.0. The summed E-state index contributed by atoms with van der Waals surface area (Å²) in [6, 6.07) is 9.53. The van der Waals surface area contributed by atoms with Crippen LogP contribution in [0.25, 0.3) is 0 Å². The molecule has 130 valence electrons. The molecule has 0 bridgehead atoms. The summed E-state index contributed by atoms with van der Waals surface area (Å²) in [5.41, 5.74) is 2.22. The summed E-state index contributed by atoms with van der Waals surface area (Å²) in [6.07, 6.45) is 0.905. The molecule has 1 aromatic carbocycles. The van der Waals surface area contributed by atoms with Gasteiger partial charge in [0.25, 0.3) is 5.91 Å². The van der Waals surface area contributed by atoms with Gasteiger partial charge in [0, 0.05) is 6.54 Å². The highest BCUT2D eigenvalue weighted by molar-refractivity contribution is 5.91. The van der Waals surface area contributed by atoms with Crippen LogP contribution in [-0.4, -0.2) is 38.0 Å². The van der Waals surface area contributed by atoms with Gasteiger partial charge in [-0.2, -0.15) is 0 Å². The van der Waals surface area contributed by atoms with E-state index in [4.69, 9.17) is 9.15 Å². The van der Waals surface area contributed by atoms with Gasteiger partial charge >= 0.3 is 0 Å². The largest absolute Gasteiger partial charge is 0.485 e. The summed E-state index contributed by atoms with van der Waals surface area (Å²) in [5, 5.41) is 2.86. The standard InChI is InChI=1S/C19H26N2O3/c1-14-6-7-15(2)18(12-14)23-13-16-8-9-17(24-16)19(22)20-10-5-11-21(3)4/h6-9,12H,5,10-11,13H2,1-4H3,(H,20,22). The molecule has 0 spiro atoms. The van der Waals surface area contributed by atoms with Crippen molar-refractivity contribution in [2.24, 2.45) is 0 Å². The number of ether oxygens (including phenoxy) is 1. The van der Waals surface area contributed by atoms with Crippen LogP contribution in [0.3, 0.4) is 0 Å².